The van der Waals surface area contributed by atoms with Gasteiger partial charge in [0.1, 0.15) is 17.5 Å². The van der Waals surface area contributed by atoms with E-state index in [1.165, 1.54) is 34.9 Å². The molecule has 0 aromatic heterocycles. The van der Waals surface area contributed by atoms with E-state index in [1.54, 1.807) is 6.92 Å². The number of carbonyl (C=O) groups excluding carboxylic acids is 9. The third-order valence-electron chi connectivity index (χ3n) is 7.19. The van der Waals surface area contributed by atoms with Gasteiger partial charge >= 0.3 is 0 Å². The zero-order chi connectivity index (χ0) is 36.8. The maximum atomic E-state index is 12.9. The second-order valence-corrected chi connectivity index (χ2v) is 11.1. The maximum Gasteiger partial charge on any atom is 0.276 e. The Labute approximate surface area is 283 Å². The van der Waals surface area contributed by atoms with Gasteiger partial charge in [-0.15, -0.1) is 0 Å². The number of nitrogens with one attached hydrogen (secondary N) is 7. The highest BCUT2D eigenvalue weighted by atomic mass is 16.5. The lowest BCUT2D eigenvalue weighted by atomic mass is 10.1. The van der Waals surface area contributed by atoms with Crippen molar-refractivity contribution in [1.29, 1.82) is 0 Å². The van der Waals surface area contributed by atoms with Crippen LogP contribution in [0.1, 0.15) is 53.4 Å². The molecule has 0 radical (unpaired) electrons. The van der Waals surface area contributed by atoms with Gasteiger partial charge in [-0.3, -0.25) is 53.0 Å². The van der Waals surface area contributed by atoms with Gasteiger partial charge in [-0.1, -0.05) is 0 Å². The van der Waals surface area contributed by atoms with Crippen molar-refractivity contribution in [3.8, 4) is 0 Å². The van der Waals surface area contributed by atoms with Crippen LogP contribution in [-0.4, -0.2) is 121 Å². The predicted molar refractivity (Wildman–Crippen MR) is 171 cm³/mol. The molecule has 2 aliphatic heterocycles. The van der Waals surface area contributed by atoms with Crippen molar-refractivity contribution in [2.75, 3.05) is 33.8 Å². The number of rotatable bonds is 20. The summed E-state index contributed by atoms with van der Waals surface area (Å²) in [7, 11) is 2.99. The fourth-order valence-corrected chi connectivity index (χ4v) is 4.79. The summed E-state index contributed by atoms with van der Waals surface area (Å²) in [5, 5.41) is 18.0. The Balaban J connectivity index is 1.88. The molecule has 7 N–H and O–H groups in total. The van der Waals surface area contributed by atoms with Gasteiger partial charge in [-0.25, -0.2) is 0 Å². The summed E-state index contributed by atoms with van der Waals surface area (Å²) in [6.07, 6.45) is -1.54. The molecular formula is C30H45N9O10. The average molecular weight is 692 g/mol. The van der Waals surface area contributed by atoms with Crippen LogP contribution in [0.4, 0.5) is 0 Å². The van der Waals surface area contributed by atoms with Crippen molar-refractivity contribution in [2.24, 2.45) is 0 Å². The minimum absolute atomic E-state index is 0.114. The minimum atomic E-state index is -1.01. The number of ether oxygens (including phenoxy) is 1. The quantitative estimate of drug-likeness (QED) is 0.0486. The average Bonchev–Trinajstić information content (AvgIpc) is 3.45. The van der Waals surface area contributed by atoms with Crippen molar-refractivity contribution in [3.63, 3.8) is 0 Å². The third-order valence-corrected chi connectivity index (χ3v) is 7.19. The van der Waals surface area contributed by atoms with Gasteiger partial charge in [0.2, 0.25) is 29.5 Å². The minimum Gasteiger partial charge on any atom is -0.383 e. The summed E-state index contributed by atoms with van der Waals surface area (Å²) in [5.74, 6) is -5.11. The molecular weight excluding hydrogens is 646 g/mol. The summed E-state index contributed by atoms with van der Waals surface area (Å²) in [6.45, 7) is 6.07. The van der Waals surface area contributed by atoms with Crippen molar-refractivity contribution in [2.45, 2.75) is 77.9 Å². The third kappa shape index (κ3) is 12.3. The molecule has 2 aliphatic rings. The second-order valence-electron chi connectivity index (χ2n) is 11.1. The van der Waals surface area contributed by atoms with Gasteiger partial charge < -0.3 is 42.0 Å². The van der Waals surface area contributed by atoms with Crippen LogP contribution in [0, 0.1) is 0 Å². The van der Waals surface area contributed by atoms with Crippen LogP contribution < -0.4 is 37.2 Å². The Kier molecular flexibility index (Phi) is 15.3. The first kappa shape index (κ1) is 39.8. The van der Waals surface area contributed by atoms with E-state index in [-0.39, 0.29) is 56.8 Å². The fraction of sp³-hybridized carbons (Fsp3) is 0.567. The Morgan fingerprint density at radius 3 is 1.39 bits per heavy atom. The number of nitrogens with zero attached hydrogens (tertiary/aromatic N) is 2. The first-order chi connectivity index (χ1) is 23.1. The number of amides is 9. The van der Waals surface area contributed by atoms with E-state index >= 15 is 0 Å². The van der Waals surface area contributed by atoms with E-state index in [1.807, 2.05) is 0 Å². The molecule has 0 spiro atoms. The Bertz CT molecular complexity index is 1310. The summed E-state index contributed by atoms with van der Waals surface area (Å²) in [5.41, 5.74) is 0.228. The molecule has 0 aliphatic carbocycles. The number of likely N-dealkylation sites (N-methyl/N-ethyl adjacent to an activating group) is 2. The van der Waals surface area contributed by atoms with Gasteiger partial charge in [0, 0.05) is 77.7 Å². The second kappa shape index (κ2) is 18.9. The van der Waals surface area contributed by atoms with Gasteiger partial charge in [0.25, 0.3) is 23.6 Å². The summed E-state index contributed by atoms with van der Waals surface area (Å²) >= 11 is 0. The fourth-order valence-electron chi connectivity index (χ4n) is 4.79. The van der Waals surface area contributed by atoms with Gasteiger partial charge in [-0.05, 0) is 27.7 Å². The number of imide groups is 2. The van der Waals surface area contributed by atoms with E-state index in [0.29, 0.717) is 0 Å². The normalized spacial score (nSPS) is 16.6. The van der Waals surface area contributed by atoms with Crippen molar-refractivity contribution >= 4 is 53.2 Å². The Hall–Kier alpha value is -5.33. The monoisotopic (exact) mass is 691 g/mol. The lowest BCUT2D eigenvalue weighted by Gasteiger charge is -2.23. The molecule has 0 fully saturated rings. The van der Waals surface area contributed by atoms with Crippen LogP contribution in [0.2, 0.25) is 0 Å². The van der Waals surface area contributed by atoms with Gasteiger partial charge in [0.05, 0.1) is 12.3 Å². The van der Waals surface area contributed by atoms with Crippen LogP contribution in [0.3, 0.4) is 0 Å². The van der Waals surface area contributed by atoms with Crippen LogP contribution in [0.25, 0.3) is 0 Å². The molecule has 270 valence electrons. The summed E-state index contributed by atoms with van der Waals surface area (Å²) < 4.78 is 5.29. The summed E-state index contributed by atoms with van der Waals surface area (Å²) in [6, 6.07) is -1.01. The smallest absolute Gasteiger partial charge is 0.276 e. The van der Waals surface area contributed by atoms with Crippen LogP contribution in [0.15, 0.2) is 23.5 Å². The van der Waals surface area contributed by atoms with Gasteiger partial charge in [0.15, 0.2) is 0 Å². The first-order valence-corrected chi connectivity index (χ1v) is 15.7. The van der Waals surface area contributed by atoms with E-state index in [0.717, 1.165) is 22.0 Å². The molecule has 0 bridgehead atoms. The molecule has 3 unspecified atom stereocenters. The molecule has 49 heavy (non-hydrogen) atoms. The molecule has 19 nitrogen and oxygen atoms in total. The van der Waals surface area contributed by atoms with Crippen molar-refractivity contribution in [1.82, 2.24) is 47.0 Å². The molecule has 0 saturated carbocycles. The lowest BCUT2D eigenvalue weighted by molar-refractivity contribution is -0.139. The molecule has 0 saturated heterocycles. The Morgan fingerprint density at radius 1 is 0.653 bits per heavy atom. The number of carbonyl (C=O) groups is 9. The van der Waals surface area contributed by atoms with E-state index in [4.69, 9.17) is 4.74 Å². The molecule has 3 atom stereocenters. The molecule has 19 heteroatoms. The van der Waals surface area contributed by atoms with Gasteiger partial charge in [-0.2, -0.15) is 0 Å². The molecule has 2 heterocycles. The zero-order valence-electron chi connectivity index (χ0n) is 28.4. The van der Waals surface area contributed by atoms with Crippen LogP contribution in [-0.2, 0) is 47.9 Å². The van der Waals surface area contributed by atoms with E-state index < -0.39 is 77.6 Å². The van der Waals surface area contributed by atoms with Crippen LogP contribution in [0.5, 0.6) is 0 Å². The topological polar surface area (TPSA) is 254 Å². The highest BCUT2D eigenvalue weighted by molar-refractivity contribution is 6.16. The molecule has 2 rings (SSSR count). The van der Waals surface area contributed by atoms with E-state index in [9.17, 15) is 43.2 Å². The maximum absolute atomic E-state index is 12.9. The lowest BCUT2D eigenvalue weighted by Crippen LogP contribution is -2.51. The molecule has 0 aromatic rings. The highest BCUT2D eigenvalue weighted by Gasteiger charge is 2.32. The Morgan fingerprint density at radius 2 is 1.04 bits per heavy atom. The summed E-state index contributed by atoms with van der Waals surface area (Å²) in [4.78, 5) is 113. The van der Waals surface area contributed by atoms with Crippen LogP contribution >= 0.6 is 0 Å². The number of hydrogen-bond donors (Lipinski definition) is 7. The highest BCUT2D eigenvalue weighted by Crippen LogP contribution is 2.11. The van der Waals surface area contributed by atoms with Crippen molar-refractivity contribution in [3.05, 3.63) is 23.5 Å². The first-order valence-electron chi connectivity index (χ1n) is 15.7. The largest absolute Gasteiger partial charge is 0.383 e. The molecule has 0 aromatic carbocycles. The van der Waals surface area contributed by atoms with Crippen molar-refractivity contribution < 1.29 is 47.9 Å². The number of hydrogen-bond acceptors (Lipinski definition) is 12. The van der Waals surface area contributed by atoms with E-state index in [2.05, 4.69) is 37.2 Å². The zero-order valence-corrected chi connectivity index (χ0v) is 28.4. The predicted octanol–water partition coefficient (Wildman–Crippen LogP) is -3.44. The molecule has 9 amide bonds. The SMILES string of the molecule is CCOC(C)C(=O)NC(CC(=O)NC(C)NC(=O)CCN1C(=O)C=C(NC)C1=O)CC(=O)NC(C)NC(=O)CCN1C(=O)C=C(NC)C1=O. The standard InChI is InChI=1S/C30H45N9O10/c1-7-49-16(2)28(46)37-19(12-24(42)35-17(3)33-22(40)8-10-38-26(44)14-20(31-5)29(38)47)13-25(43)36-18(4)34-23(41)9-11-39-27(45)15-21(32-6)30(39)48/h14-19,31-32H,7-13H2,1-6H3,(H,33,40)(H,34,41)(H,35,42)(H,36,43)(H,37,46).